The Morgan fingerprint density at radius 2 is 2.14 bits per heavy atom. The van der Waals surface area contributed by atoms with Crippen molar-refractivity contribution in [3.05, 3.63) is 23.8 Å². The number of rotatable bonds is 5. The number of nitrogens with one attached hydrogen (secondary N) is 1. The van der Waals surface area contributed by atoms with Gasteiger partial charge in [-0.1, -0.05) is 12.8 Å². The number of aliphatic hydroxyl groups is 1. The van der Waals surface area contributed by atoms with Gasteiger partial charge in [-0.15, -0.1) is 0 Å². The summed E-state index contributed by atoms with van der Waals surface area (Å²) in [6.07, 6.45) is 3.66. The Balaban J connectivity index is 1.96. The number of ether oxygens (including phenoxy) is 1. The normalized spacial score (nSPS) is 21.8. The number of nitrogen functional groups attached to an aromatic ring is 1. The summed E-state index contributed by atoms with van der Waals surface area (Å²) in [5.74, 6) is 0.566. The number of hydrogen-bond acceptors (Lipinski definition) is 4. The molecule has 1 aromatic carbocycles. The van der Waals surface area contributed by atoms with Crippen LogP contribution in [0.2, 0.25) is 0 Å². The second-order valence-electron chi connectivity index (χ2n) is 5.55. The zero-order valence-corrected chi connectivity index (χ0v) is 12.5. The van der Waals surface area contributed by atoms with Crippen LogP contribution >= 0.6 is 0 Å². The molecule has 0 spiro atoms. The topological polar surface area (TPSA) is 84.6 Å². The van der Waals surface area contributed by atoms with Crippen LogP contribution in [0.1, 0.15) is 43.0 Å². The van der Waals surface area contributed by atoms with Crippen molar-refractivity contribution in [2.45, 2.75) is 38.7 Å². The molecule has 0 bridgehead atoms. The lowest BCUT2D eigenvalue weighted by molar-refractivity contribution is 0.0663. The van der Waals surface area contributed by atoms with Gasteiger partial charge in [0.1, 0.15) is 5.75 Å². The third-order valence-electron chi connectivity index (χ3n) is 3.90. The van der Waals surface area contributed by atoms with Crippen LogP contribution in [-0.2, 0) is 0 Å². The van der Waals surface area contributed by atoms with E-state index in [2.05, 4.69) is 5.32 Å². The van der Waals surface area contributed by atoms with E-state index in [1.165, 1.54) is 0 Å². The second kappa shape index (κ2) is 7.31. The van der Waals surface area contributed by atoms with Crippen LogP contribution in [-0.4, -0.2) is 30.3 Å². The fraction of sp³-hybridized carbons (Fsp3) is 0.562. The van der Waals surface area contributed by atoms with Crippen molar-refractivity contribution in [1.29, 1.82) is 0 Å². The first-order valence-electron chi connectivity index (χ1n) is 7.59. The zero-order valence-electron chi connectivity index (χ0n) is 12.5. The van der Waals surface area contributed by atoms with Crippen molar-refractivity contribution in [3.8, 4) is 5.75 Å². The number of hydrogen-bond donors (Lipinski definition) is 3. The third kappa shape index (κ3) is 4.36. The minimum absolute atomic E-state index is 0.148. The minimum atomic E-state index is -0.307. The third-order valence-corrected chi connectivity index (χ3v) is 3.90. The molecule has 1 amide bonds. The summed E-state index contributed by atoms with van der Waals surface area (Å²) >= 11 is 0. The van der Waals surface area contributed by atoms with E-state index in [1.54, 1.807) is 18.2 Å². The largest absolute Gasteiger partial charge is 0.494 e. The molecule has 0 radical (unpaired) electrons. The van der Waals surface area contributed by atoms with Crippen LogP contribution in [0.5, 0.6) is 5.75 Å². The first kappa shape index (κ1) is 15.6. The summed E-state index contributed by atoms with van der Waals surface area (Å²) in [7, 11) is 0. The number of aliphatic hydroxyl groups excluding tert-OH is 1. The summed E-state index contributed by atoms with van der Waals surface area (Å²) in [5.41, 5.74) is 6.78. The maximum Gasteiger partial charge on any atom is 0.251 e. The monoisotopic (exact) mass is 292 g/mol. The van der Waals surface area contributed by atoms with Gasteiger partial charge in [0.05, 0.1) is 12.7 Å². The summed E-state index contributed by atoms with van der Waals surface area (Å²) in [6, 6.07) is 5.02. The number of amides is 1. The lowest BCUT2D eigenvalue weighted by Crippen LogP contribution is -2.36. The first-order valence-corrected chi connectivity index (χ1v) is 7.59. The number of anilines is 1. The second-order valence-corrected chi connectivity index (χ2v) is 5.55. The maximum atomic E-state index is 12.2. The van der Waals surface area contributed by atoms with Crippen LogP contribution in [0, 0.1) is 5.92 Å². The average molecular weight is 292 g/mol. The van der Waals surface area contributed by atoms with Crippen molar-refractivity contribution in [3.63, 3.8) is 0 Å². The molecule has 2 rings (SSSR count). The van der Waals surface area contributed by atoms with Gasteiger partial charge in [-0.05, 0) is 31.9 Å². The van der Waals surface area contributed by atoms with E-state index in [0.717, 1.165) is 25.7 Å². The van der Waals surface area contributed by atoms with Crippen LogP contribution in [0.25, 0.3) is 0 Å². The lowest BCUT2D eigenvalue weighted by Gasteiger charge is -2.27. The molecular weight excluding hydrogens is 268 g/mol. The van der Waals surface area contributed by atoms with Crippen LogP contribution in [0.4, 0.5) is 5.69 Å². The van der Waals surface area contributed by atoms with E-state index in [4.69, 9.17) is 10.5 Å². The maximum absolute atomic E-state index is 12.2. The average Bonchev–Trinajstić information content (AvgIpc) is 2.46. The van der Waals surface area contributed by atoms with E-state index in [9.17, 15) is 9.90 Å². The molecule has 0 saturated heterocycles. The molecule has 5 nitrogen and oxygen atoms in total. The van der Waals surface area contributed by atoms with Gasteiger partial charge < -0.3 is 20.9 Å². The molecule has 0 heterocycles. The Morgan fingerprint density at radius 3 is 2.86 bits per heavy atom. The Hall–Kier alpha value is -1.75. The standard InChI is InChI=1S/C16H24N2O3/c1-2-21-14-8-12(7-13(17)9-14)16(20)18-10-11-5-3-4-6-15(11)19/h7-9,11,15,19H,2-6,10,17H2,1H3,(H,18,20). The highest BCUT2D eigenvalue weighted by Gasteiger charge is 2.23. The molecule has 1 fully saturated rings. The van der Waals surface area contributed by atoms with Gasteiger partial charge >= 0.3 is 0 Å². The SMILES string of the molecule is CCOc1cc(N)cc(C(=O)NCC2CCCCC2O)c1. The fourth-order valence-electron chi connectivity index (χ4n) is 2.76. The molecule has 2 atom stereocenters. The van der Waals surface area contributed by atoms with Gasteiger partial charge in [0.2, 0.25) is 0 Å². The van der Waals surface area contributed by atoms with E-state index in [1.807, 2.05) is 6.92 Å². The van der Waals surface area contributed by atoms with Gasteiger partial charge in [-0.25, -0.2) is 0 Å². The van der Waals surface area contributed by atoms with Crippen molar-refractivity contribution in [1.82, 2.24) is 5.32 Å². The van der Waals surface area contributed by atoms with Gasteiger partial charge in [0, 0.05) is 29.8 Å². The van der Waals surface area contributed by atoms with Crippen LogP contribution in [0.3, 0.4) is 0 Å². The molecule has 0 aliphatic heterocycles. The van der Waals surface area contributed by atoms with Gasteiger partial charge in [0.25, 0.3) is 5.91 Å². The predicted molar refractivity (Wildman–Crippen MR) is 82.3 cm³/mol. The smallest absolute Gasteiger partial charge is 0.251 e. The van der Waals surface area contributed by atoms with Crippen LogP contribution < -0.4 is 15.8 Å². The molecule has 21 heavy (non-hydrogen) atoms. The Morgan fingerprint density at radius 1 is 1.38 bits per heavy atom. The molecule has 1 aliphatic rings. The highest BCUT2D eigenvalue weighted by atomic mass is 16.5. The van der Waals surface area contributed by atoms with Gasteiger partial charge in [-0.2, -0.15) is 0 Å². The van der Waals surface area contributed by atoms with E-state index in [0.29, 0.717) is 30.2 Å². The lowest BCUT2D eigenvalue weighted by atomic mass is 9.86. The fourth-order valence-corrected chi connectivity index (χ4v) is 2.76. The molecule has 0 aromatic heterocycles. The van der Waals surface area contributed by atoms with Crippen LogP contribution in [0.15, 0.2) is 18.2 Å². The number of carbonyl (C=O) groups is 1. The highest BCUT2D eigenvalue weighted by molar-refractivity contribution is 5.95. The first-order chi connectivity index (χ1) is 10.1. The van der Waals surface area contributed by atoms with Gasteiger partial charge in [-0.3, -0.25) is 4.79 Å². The summed E-state index contributed by atoms with van der Waals surface area (Å²) in [4.78, 5) is 12.2. The van der Waals surface area contributed by atoms with Crippen molar-refractivity contribution < 1.29 is 14.6 Å². The number of nitrogens with two attached hydrogens (primary N) is 1. The molecule has 1 aromatic rings. The predicted octanol–water partition coefficient (Wildman–Crippen LogP) is 1.95. The minimum Gasteiger partial charge on any atom is -0.494 e. The number of carbonyl (C=O) groups excluding carboxylic acids is 1. The van der Waals surface area contributed by atoms with E-state index >= 15 is 0 Å². The van der Waals surface area contributed by atoms with E-state index in [-0.39, 0.29) is 17.9 Å². The highest BCUT2D eigenvalue weighted by Crippen LogP contribution is 2.24. The number of benzene rings is 1. The van der Waals surface area contributed by atoms with Crippen molar-refractivity contribution in [2.75, 3.05) is 18.9 Å². The molecular formula is C16H24N2O3. The van der Waals surface area contributed by atoms with Crippen molar-refractivity contribution in [2.24, 2.45) is 5.92 Å². The van der Waals surface area contributed by atoms with Gasteiger partial charge in [0.15, 0.2) is 0 Å². The molecule has 116 valence electrons. The van der Waals surface area contributed by atoms with Crippen molar-refractivity contribution >= 4 is 11.6 Å². The summed E-state index contributed by atoms with van der Waals surface area (Å²) in [6.45, 7) is 2.91. The molecule has 1 aliphatic carbocycles. The Kier molecular flexibility index (Phi) is 5.44. The summed E-state index contributed by atoms with van der Waals surface area (Å²) < 4.78 is 5.39. The van der Waals surface area contributed by atoms with E-state index < -0.39 is 0 Å². The molecule has 1 saturated carbocycles. The Bertz CT molecular complexity index is 490. The Labute approximate surface area is 125 Å². The quantitative estimate of drug-likeness (QED) is 0.724. The molecule has 4 N–H and O–H groups in total. The zero-order chi connectivity index (χ0) is 15.2. The molecule has 5 heteroatoms. The molecule has 2 unspecified atom stereocenters. The summed E-state index contributed by atoms with van der Waals surface area (Å²) in [5, 5.41) is 12.8.